The summed E-state index contributed by atoms with van der Waals surface area (Å²) in [5.74, 6) is 0.136. The fraction of sp³-hybridized carbons (Fsp3) is 0.526. The van der Waals surface area contributed by atoms with Crippen LogP contribution in [0.2, 0.25) is 0 Å². The molecule has 2 aromatic rings. The summed E-state index contributed by atoms with van der Waals surface area (Å²) in [5, 5.41) is 3.27. The van der Waals surface area contributed by atoms with Crippen molar-refractivity contribution in [3.63, 3.8) is 0 Å². The van der Waals surface area contributed by atoms with E-state index in [0.717, 1.165) is 12.0 Å². The molecule has 2 fully saturated rings. The number of benzene rings is 1. The summed E-state index contributed by atoms with van der Waals surface area (Å²) in [4.78, 5) is 29.0. The first-order valence-electron chi connectivity index (χ1n) is 8.91. The van der Waals surface area contributed by atoms with Crippen LogP contribution in [0.3, 0.4) is 0 Å². The number of hydrogen-bond donors (Lipinski definition) is 1. The summed E-state index contributed by atoms with van der Waals surface area (Å²) in [7, 11) is 0. The van der Waals surface area contributed by atoms with Crippen LogP contribution >= 0.6 is 0 Å². The average molecular weight is 343 g/mol. The number of nitrogens with one attached hydrogen (secondary N) is 1. The van der Waals surface area contributed by atoms with E-state index in [9.17, 15) is 14.0 Å². The van der Waals surface area contributed by atoms with Crippen LogP contribution in [0.5, 0.6) is 0 Å². The van der Waals surface area contributed by atoms with E-state index < -0.39 is 11.4 Å². The fourth-order valence-electron chi connectivity index (χ4n) is 4.68. The Hall–Kier alpha value is -2.24. The van der Waals surface area contributed by atoms with E-state index in [1.54, 1.807) is 0 Å². The van der Waals surface area contributed by atoms with E-state index in [2.05, 4.69) is 17.2 Å². The van der Waals surface area contributed by atoms with Crippen molar-refractivity contribution in [1.29, 1.82) is 0 Å². The third-order valence-corrected chi connectivity index (χ3v) is 6.19. The molecule has 0 spiro atoms. The maximum Gasteiger partial charge on any atom is 0.261 e. The SMILES string of the molecule is CC(NC(=O)Cn1cnc2ccc(F)cc2c1=O)C12CCC(CC1)C2. The number of fused-ring (bicyclic) bond motifs is 3. The molecule has 1 aromatic carbocycles. The Kier molecular flexibility index (Phi) is 3.85. The van der Waals surface area contributed by atoms with Crippen LogP contribution in [-0.2, 0) is 11.3 Å². The molecule has 1 N–H and O–H groups in total. The molecule has 1 unspecified atom stereocenters. The molecule has 5 nitrogen and oxygen atoms in total. The van der Waals surface area contributed by atoms with Crippen molar-refractivity contribution >= 4 is 16.8 Å². The summed E-state index contributed by atoms with van der Waals surface area (Å²) >= 11 is 0. The molecule has 2 saturated carbocycles. The van der Waals surface area contributed by atoms with E-state index in [0.29, 0.717) is 5.52 Å². The third-order valence-electron chi connectivity index (χ3n) is 6.19. The van der Waals surface area contributed by atoms with Crippen molar-refractivity contribution in [3.8, 4) is 0 Å². The van der Waals surface area contributed by atoms with E-state index >= 15 is 0 Å². The van der Waals surface area contributed by atoms with Gasteiger partial charge in [-0.2, -0.15) is 0 Å². The monoisotopic (exact) mass is 343 g/mol. The number of halogens is 1. The maximum atomic E-state index is 13.4. The van der Waals surface area contributed by atoms with Gasteiger partial charge in [-0.05, 0) is 68.6 Å². The highest BCUT2D eigenvalue weighted by Gasteiger charge is 2.48. The molecule has 1 amide bonds. The highest BCUT2D eigenvalue weighted by atomic mass is 19.1. The van der Waals surface area contributed by atoms with Crippen LogP contribution in [-0.4, -0.2) is 21.5 Å². The van der Waals surface area contributed by atoms with Gasteiger partial charge in [0.2, 0.25) is 5.91 Å². The van der Waals surface area contributed by atoms with Crippen LogP contribution in [0, 0.1) is 17.2 Å². The molecule has 2 aliphatic carbocycles. The number of hydrogen-bond acceptors (Lipinski definition) is 3. The molecule has 1 aromatic heterocycles. The largest absolute Gasteiger partial charge is 0.352 e. The number of rotatable bonds is 4. The lowest BCUT2D eigenvalue weighted by molar-refractivity contribution is -0.123. The van der Waals surface area contributed by atoms with Crippen LogP contribution in [0.1, 0.15) is 39.0 Å². The van der Waals surface area contributed by atoms with E-state index in [1.165, 1.54) is 55.1 Å². The van der Waals surface area contributed by atoms with Crippen molar-refractivity contribution < 1.29 is 9.18 Å². The second-order valence-electron chi connectivity index (χ2n) is 7.64. The first kappa shape index (κ1) is 16.2. The Bertz CT molecular complexity index is 884. The summed E-state index contributed by atoms with van der Waals surface area (Å²) in [6.07, 6.45) is 7.43. The molecular weight excluding hydrogens is 321 g/mol. The lowest BCUT2D eigenvalue weighted by Gasteiger charge is -2.34. The molecule has 132 valence electrons. The minimum Gasteiger partial charge on any atom is -0.352 e. The molecule has 1 atom stereocenters. The van der Waals surface area contributed by atoms with Gasteiger partial charge in [0.15, 0.2) is 0 Å². The molecule has 0 aliphatic heterocycles. The van der Waals surface area contributed by atoms with Crippen LogP contribution in [0.4, 0.5) is 4.39 Å². The maximum absolute atomic E-state index is 13.4. The second-order valence-corrected chi connectivity index (χ2v) is 7.64. The quantitative estimate of drug-likeness (QED) is 0.928. The fourth-order valence-corrected chi connectivity index (χ4v) is 4.68. The molecule has 0 radical (unpaired) electrons. The van der Waals surface area contributed by atoms with Crippen molar-refractivity contribution in [3.05, 3.63) is 40.7 Å². The predicted octanol–water partition coefficient (Wildman–Crippen LogP) is 2.62. The molecule has 2 bridgehead atoms. The Morgan fingerprint density at radius 2 is 2.20 bits per heavy atom. The lowest BCUT2D eigenvalue weighted by Crippen LogP contribution is -2.45. The summed E-state index contributed by atoms with van der Waals surface area (Å²) < 4.78 is 14.6. The Labute approximate surface area is 145 Å². The Morgan fingerprint density at radius 3 is 2.88 bits per heavy atom. The van der Waals surface area contributed by atoms with Gasteiger partial charge in [-0.3, -0.25) is 14.2 Å². The van der Waals surface area contributed by atoms with Gasteiger partial charge in [-0.25, -0.2) is 9.37 Å². The predicted molar refractivity (Wildman–Crippen MR) is 92.6 cm³/mol. The van der Waals surface area contributed by atoms with Gasteiger partial charge in [0, 0.05) is 6.04 Å². The van der Waals surface area contributed by atoms with Crippen LogP contribution in [0.25, 0.3) is 10.9 Å². The second kappa shape index (κ2) is 5.93. The number of carbonyl (C=O) groups is 1. The first-order chi connectivity index (χ1) is 12.0. The van der Waals surface area contributed by atoms with Gasteiger partial charge < -0.3 is 5.32 Å². The van der Waals surface area contributed by atoms with E-state index in [-0.39, 0.29) is 29.3 Å². The average Bonchev–Trinajstić information content (AvgIpc) is 3.20. The van der Waals surface area contributed by atoms with Gasteiger partial charge in [-0.15, -0.1) is 0 Å². The van der Waals surface area contributed by atoms with E-state index in [1.807, 2.05) is 0 Å². The number of nitrogens with zero attached hydrogens (tertiary/aromatic N) is 2. The van der Waals surface area contributed by atoms with E-state index in [4.69, 9.17) is 0 Å². The zero-order valence-corrected chi connectivity index (χ0v) is 14.3. The molecule has 0 saturated heterocycles. The lowest BCUT2D eigenvalue weighted by atomic mass is 9.78. The van der Waals surface area contributed by atoms with Gasteiger partial charge in [0.05, 0.1) is 17.2 Å². The molecule has 25 heavy (non-hydrogen) atoms. The third kappa shape index (κ3) is 2.83. The molecule has 2 aliphatic rings. The number of amides is 1. The molecule has 4 rings (SSSR count). The van der Waals surface area contributed by atoms with Crippen molar-refractivity contribution in [2.45, 2.75) is 51.6 Å². The van der Waals surface area contributed by atoms with Gasteiger partial charge >= 0.3 is 0 Å². The highest BCUT2D eigenvalue weighted by molar-refractivity contribution is 5.79. The van der Waals surface area contributed by atoms with Gasteiger partial charge in [0.25, 0.3) is 5.56 Å². The summed E-state index contributed by atoms with van der Waals surface area (Å²) in [5.41, 5.74) is 0.265. The zero-order chi connectivity index (χ0) is 17.6. The molecule has 1 heterocycles. The number of aromatic nitrogens is 2. The Balaban J connectivity index is 1.50. The van der Waals surface area contributed by atoms with Gasteiger partial charge in [-0.1, -0.05) is 0 Å². The minimum atomic E-state index is -0.488. The molecular formula is C19H22FN3O2. The minimum absolute atomic E-state index is 0.0951. The van der Waals surface area contributed by atoms with Crippen molar-refractivity contribution in [1.82, 2.24) is 14.9 Å². The normalized spacial score (nSPS) is 26.1. The van der Waals surface area contributed by atoms with Crippen molar-refractivity contribution in [2.24, 2.45) is 11.3 Å². The van der Waals surface area contributed by atoms with Crippen LogP contribution in [0.15, 0.2) is 29.3 Å². The first-order valence-corrected chi connectivity index (χ1v) is 8.91. The zero-order valence-electron chi connectivity index (χ0n) is 14.3. The molecule has 6 heteroatoms. The van der Waals surface area contributed by atoms with Crippen molar-refractivity contribution in [2.75, 3.05) is 0 Å². The van der Waals surface area contributed by atoms with Crippen LogP contribution < -0.4 is 10.9 Å². The Morgan fingerprint density at radius 1 is 1.44 bits per heavy atom. The topological polar surface area (TPSA) is 64.0 Å². The number of carbonyl (C=O) groups excluding carboxylic acids is 1. The summed E-state index contributed by atoms with van der Waals surface area (Å²) in [6, 6.07) is 4.00. The standard InChI is InChI=1S/C19H22FN3O2/c1-12(19-6-4-13(9-19)5-7-19)22-17(24)10-23-11-21-16-3-2-14(20)8-15(16)18(23)25/h2-3,8,11-13H,4-7,9-10H2,1H3,(H,22,24). The summed E-state index contributed by atoms with van der Waals surface area (Å²) in [6.45, 7) is 1.98. The smallest absolute Gasteiger partial charge is 0.261 e. The van der Waals surface area contributed by atoms with Gasteiger partial charge in [0.1, 0.15) is 12.4 Å². The highest BCUT2D eigenvalue weighted by Crippen LogP contribution is 2.55.